The van der Waals surface area contributed by atoms with Crippen LogP contribution in [0.1, 0.15) is 16.1 Å². The first-order valence-electron chi connectivity index (χ1n) is 5.99. The number of aromatic carboxylic acids is 1. The lowest BCUT2D eigenvalue weighted by atomic mass is 10.0. The molecule has 1 N–H and O–H groups in total. The smallest absolute Gasteiger partial charge is 0.356 e. The van der Waals surface area contributed by atoms with Crippen molar-refractivity contribution in [2.24, 2.45) is 7.05 Å². The molecule has 0 bridgehead atoms. The zero-order valence-electron chi connectivity index (χ0n) is 11.3. The minimum atomic E-state index is -1.01. The Kier molecular flexibility index (Phi) is 3.66. The van der Waals surface area contributed by atoms with E-state index in [1.807, 2.05) is 38.4 Å². The van der Waals surface area contributed by atoms with E-state index in [-0.39, 0.29) is 5.69 Å². The van der Waals surface area contributed by atoms with Crippen molar-refractivity contribution in [2.45, 2.75) is 6.54 Å². The number of carbonyl (C=O) groups is 1. The molecule has 0 fully saturated rings. The molecule has 1 aromatic carbocycles. The summed E-state index contributed by atoms with van der Waals surface area (Å²) in [7, 11) is 5.76. The first-order chi connectivity index (χ1) is 8.99. The average molecular weight is 259 g/mol. The van der Waals surface area contributed by atoms with Gasteiger partial charge in [0.25, 0.3) is 0 Å². The molecular formula is C14H17N3O2. The van der Waals surface area contributed by atoms with Gasteiger partial charge in [-0.25, -0.2) is 4.79 Å². The van der Waals surface area contributed by atoms with E-state index >= 15 is 0 Å². The lowest BCUT2D eigenvalue weighted by Gasteiger charge is -2.14. The van der Waals surface area contributed by atoms with E-state index in [4.69, 9.17) is 5.11 Å². The maximum Gasteiger partial charge on any atom is 0.356 e. The van der Waals surface area contributed by atoms with Crippen LogP contribution in [-0.4, -0.2) is 39.9 Å². The number of nitrogens with zero attached hydrogens (tertiary/aromatic N) is 3. The summed E-state index contributed by atoms with van der Waals surface area (Å²) in [5.41, 5.74) is 3.04. The van der Waals surface area contributed by atoms with E-state index in [0.717, 1.165) is 23.4 Å². The van der Waals surface area contributed by atoms with Crippen LogP contribution in [0.2, 0.25) is 0 Å². The minimum absolute atomic E-state index is 0.0668. The Labute approximate surface area is 112 Å². The van der Waals surface area contributed by atoms with Gasteiger partial charge >= 0.3 is 5.97 Å². The van der Waals surface area contributed by atoms with Gasteiger partial charge in [0.2, 0.25) is 0 Å². The van der Waals surface area contributed by atoms with Crippen LogP contribution in [-0.2, 0) is 13.6 Å². The number of benzene rings is 1. The molecule has 2 rings (SSSR count). The molecular weight excluding hydrogens is 242 g/mol. The number of carboxylic acids is 1. The molecule has 0 unspecified atom stereocenters. The van der Waals surface area contributed by atoms with Crippen molar-refractivity contribution < 1.29 is 9.90 Å². The van der Waals surface area contributed by atoms with Crippen LogP contribution in [0.15, 0.2) is 30.3 Å². The number of hydrogen-bond donors (Lipinski definition) is 1. The molecule has 5 nitrogen and oxygen atoms in total. The summed E-state index contributed by atoms with van der Waals surface area (Å²) in [6, 6.07) is 9.57. The number of hydrogen-bond acceptors (Lipinski definition) is 3. The van der Waals surface area contributed by atoms with Crippen LogP contribution in [0.25, 0.3) is 11.3 Å². The van der Waals surface area contributed by atoms with Gasteiger partial charge in [-0.05, 0) is 25.7 Å². The fraction of sp³-hybridized carbons (Fsp3) is 0.286. The third kappa shape index (κ3) is 2.82. The van der Waals surface area contributed by atoms with E-state index in [1.165, 1.54) is 0 Å². The van der Waals surface area contributed by atoms with Gasteiger partial charge in [-0.2, -0.15) is 5.10 Å². The normalized spacial score (nSPS) is 10.9. The summed E-state index contributed by atoms with van der Waals surface area (Å²) < 4.78 is 1.61. The second kappa shape index (κ2) is 5.24. The van der Waals surface area contributed by atoms with Crippen LogP contribution in [0.3, 0.4) is 0 Å². The molecule has 0 aliphatic carbocycles. The zero-order chi connectivity index (χ0) is 14.0. The third-order valence-corrected chi connectivity index (χ3v) is 2.88. The van der Waals surface area contributed by atoms with Gasteiger partial charge in [0.1, 0.15) is 0 Å². The highest BCUT2D eigenvalue weighted by Gasteiger charge is 2.14. The fourth-order valence-corrected chi connectivity index (χ4v) is 2.07. The second-order valence-corrected chi connectivity index (χ2v) is 4.74. The molecule has 0 aliphatic rings. The highest BCUT2D eigenvalue weighted by molar-refractivity contribution is 5.87. The Bertz CT molecular complexity index is 602. The minimum Gasteiger partial charge on any atom is -0.476 e. The standard InChI is InChI=1S/C14H17N3O2/c1-16(2)9-10-6-4-5-7-11(10)13-8-12(14(18)19)15-17(13)3/h4-8H,9H2,1-3H3,(H,18,19). The summed E-state index contributed by atoms with van der Waals surface area (Å²) in [6.45, 7) is 0.795. The van der Waals surface area contributed by atoms with E-state index in [2.05, 4.69) is 10.00 Å². The quantitative estimate of drug-likeness (QED) is 0.910. The van der Waals surface area contributed by atoms with Gasteiger partial charge in [0.15, 0.2) is 5.69 Å². The Morgan fingerprint density at radius 3 is 2.63 bits per heavy atom. The summed E-state index contributed by atoms with van der Waals surface area (Å²) in [5.74, 6) is -1.01. The molecule has 5 heteroatoms. The Morgan fingerprint density at radius 1 is 1.37 bits per heavy atom. The van der Waals surface area contributed by atoms with Crippen LogP contribution < -0.4 is 0 Å². The van der Waals surface area contributed by atoms with Crippen molar-refractivity contribution in [3.05, 3.63) is 41.6 Å². The van der Waals surface area contributed by atoms with Gasteiger partial charge in [0.05, 0.1) is 5.69 Å². The lowest BCUT2D eigenvalue weighted by molar-refractivity contribution is 0.0689. The van der Waals surface area contributed by atoms with Crippen molar-refractivity contribution >= 4 is 5.97 Å². The van der Waals surface area contributed by atoms with Crippen LogP contribution >= 0.6 is 0 Å². The number of aryl methyl sites for hydroxylation is 1. The van der Waals surface area contributed by atoms with Gasteiger partial charge in [-0.3, -0.25) is 4.68 Å². The number of carboxylic acid groups (broad SMARTS) is 1. The summed E-state index contributed by atoms with van der Waals surface area (Å²) in [6.07, 6.45) is 0. The van der Waals surface area contributed by atoms with Gasteiger partial charge < -0.3 is 10.0 Å². The fourth-order valence-electron chi connectivity index (χ4n) is 2.07. The van der Waals surface area contributed by atoms with E-state index in [0.29, 0.717) is 0 Å². The van der Waals surface area contributed by atoms with Gasteiger partial charge in [-0.15, -0.1) is 0 Å². The second-order valence-electron chi connectivity index (χ2n) is 4.74. The molecule has 100 valence electrons. The van der Waals surface area contributed by atoms with Crippen molar-refractivity contribution in [3.63, 3.8) is 0 Å². The third-order valence-electron chi connectivity index (χ3n) is 2.88. The highest BCUT2D eigenvalue weighted by atomic mass is 16.4. The molecule has 0 atom stereocenters. The van der Waals surface area contributed by atoms with E-state index in [1.54, 1.807) is 17.8 Å². The molecule has 1 aromatic heterocycles. The molecule has 19 heavy (non-hydrogen) atoms. The molecule has 0 aliphatic heterocycles. The SMILES string of the molecule is CN(C)Cc1ccccc1-c1cc(C(=O)O)nn1C. The van der Waals surface area contributed by atoms with Crippen molar-refractivity contribution in [1.82, 2.24) is 14.7 Å². The molecule has 0 spiro atoms. The van der Waals surface area contributed by atoms with Crippen molar-refractivity contribution in [3.8, 4) is 11.3 Å². The van der Waals surface area contributed by atoms with Crippen LogP contribution in [0.5, 0.6) is 0 Å². The largest absolute Gasteiger partial charge is 0.476 e. The highest BCUT2D eigenvalue weighted by Crippen LogP contribution is 2.24. The van der Waals surface area contributed by atoms with Crippen molar-refractivity contribution in [2.75, 3.05) is 14.1 Å². The average Bonchev–Trinajstić information content (AvgIpc) is 2.71. The van der Waals surface area contributed by atoms with Crippen LogP contribution in [0.4, 0.5) is 0 Å². The Balaban J connectivity index is 2.49. The van der Waals surface area contributed by atoms with E-state index in [9.17, 15) is 4.79 Å². The maximum absolute atomic E-state index is 11.0. The first-order valence-corrected chi connectivity index (χ1v) is 5.99. The lowest BCUT2D eigenvalue weighted by Crippen LogP contribution is -2.11. The molecule has 0 amide bonds. The van der Waals surface area contributed by atoms with Crippen LogP contribution in [0, 0.1) is 0 Å². The molecule has 1 heterocycles. The van der Waals surface area contributed by atoms with Gasteiger partial charge in [-0.1, -0.05) is 24.3 Å². The molecule has 2 aromatic rings. The first kappa shape index (κ1) is 13.3. The van der Waals surface area contributed by atoms with E-state index < -0.39 is 5.97 Å². The predicted molar refractivity (Wildman–Crippen MR) is 73.0 cm³/mol. The van der Waals surface area contributed by atoms with Crippen molar-refractivity contribution in [1.29, 1.82) is 0 Å². The Morgan fingerprint density at radius 2 is 2.05 bits per heavy atom. The van der Waals surface area contributed by atoms with Gasteiger partial charge in [0, 0.05) is 19.2 Å². The molecule has 0 saturated carbocycles. The Hall–Kier alpha value is -2.14. The molecule has 0 radical (unpaired) electrons. The maximum atomic E-state index is 11.0. The zero-order valence-corrected chi connectivity index (χ0v) is 11.3. The number of aromatic nitrogens is 2. The summed E-state index contributed by atoms with van der Waals surface area (Å²) >= 11 is 0. The summed E-state index contributed by atoms with van der Waals surface area (Å²) in [4.78, 5) is 13.1. The molecule has 0 saturated heterocycles. The monoisotopic (exact) mass is 259 g/mol. The summed E-state index contributed by atoms with van der Waals surface area (Å²) in [5, 5.41) is 13.0. The predicted octanol–water partition coefficient (Wildman–Crippen LogP) is 1.85. The topological polar surface area (TPSA) is 58.4 Å². The number of rotatable bonds is 4.